The molecule has 1 heterocycles. The van der Waals surface area contributed by atoms with E-state index in [1.807, 2.05) is 74.2 Å². The van der Waals surface area contributed by atoms with Gasteiger partial charge in [-0.25, -0.2) is 0 Å². The summed E-state index contributed by atoms with van der Waals surface area (Å²) in [5.74, 6) is 0.755. The lowest BCUT2D eigenvalue weighted by molar-refractivity contribution is -0.132. The number of hydrogen-bond donors (Lipinski definition) is 0. The predicted molar refractivity (Wildman–Crippen MR) is 83.5 cm³/mol. The molecule has 0 aromatic heterocycles. The molecule has 3 heteroatoms. The van der Waals surface area contributed by atoms with E-state index in [0.717, 1.165) is 22.6 Å². The summed E-state index contributed by atoms with van der Waals surface area (Å²) in [7, 11) is 0. The third-order valence-electron chi connectivity index (χ3n) is 3.71. The highest BCUT2D eigenvalue weighted by Crippen LogP contribution is 2.39. The first-order chi connectivity index (χ1) is 9.97. The van der Waals surface area contributed by atoms with Crippen molar-refractivity contribution in [3.63, 3.8) is 0 Å². The van der Waals surface area contributed by atoms with Gasteiger partial charge >= 0.3 is 0 Å². The molecule has 0 atom stereocenters. The zero-order chi connectivity index (χ0) is 15.0. The molecule has 0 N–H and O–H groups in total. The molecule has 0 unspecified atom stereocenters. The summed E-state index contributed by atoms with van der Waals surface area (Å²) in [6.07, 6.45) is 0. The maximum absolute atomic E-state index is 12.7. The Hall–Kier alpha value is -2.29. The lowest BCUT2D eigenvalue weighted by Crippen LogP contribution is -2.52. The Balaban J connectivity index is 2.05. The van der Waals surface area contributed by atoms with Crippen molar-refractivity contribution < 1.29 is 9.53 Å². The van der Waals surface area contributed by atoms with E-state index in [4.69, 9.17) is 4.74 Å². The van der Waals surface area contributed by atoms with E-state index in [0.29, 0.717) is 6.54 Å². The number of benzene rings is 2. The van der Waals surface area contributed by atoms with E-state index >= 15 is 0 Å². The Morgan fingerprint density at radius 2 is 1.81 bits per heavy atom. The van der Waals surface area contributed by atoms with E-state index in [9.17, 15) is 4.79 Å². The Morgan fingerprint density at radius 3 is 2.52 bits per heavy atom. The molecule has 1 aliphatic heterocycles. The van der Waals surface area contributed by atoms with Crippen molar-refractivity contribution in [2.75, 3.05) is 4.90 Å². The molecule has 0 saturated heterocycles. The number of carbonyl (C=O) groups excluding carboxylic acids is 1. The van der Waals surface area contributed by atoms with Gasteiger partial charge in [0.15, 0.2) is 5.60 Å². The van der Waals surface area contributed by atoms with Crippen LogP contribution in [0.4, 0.5) is 5.69 Å². The third kappa shape index (κ3) is 2.51. The van der Waals surface area contributed by atoms with Gasteiger partial charge in [0.2, 0.25) is 0 Å². The second-order valence-electron chi connectivity index (χ2n) is 5.96. The summed E-state index contributed by atoms with van der Waals surface area (Å²) in [6, 6.07) is 16.0. The summed E-state index contributed by atoms with van der Waals surface area (Å²) in [5.41, 5.74) is 2.24. The molecule has 0 spiro atoms. The number of anilines is 1. The largest absolute Gasteiger partial charge is 0.476 e. The van der Waals surface area contributed by atoms with E-state index in [2.05, 4.69) is 0 Å². The summed E-state index contributed by atoms with van der Waals surface area (Å²) < 4.78 is 5.86. The molecule has 3 nitrogen and oxygen atoms in total. The zero-order valence-corrected chi connectivity index (χ0v) is 12.6. The number of fused-ring (bicyclic) bond motifs is 1. The molecule has 1 aliphatic rings. The normalized spacial score (nSPS) is 16.3. The number of carbonyl (C=O) groups is 1. The van der Waals surface area contributed by atoms with E-state index in [1.54, 1.807) is 0 Å². The van der Waals surface area contributed by atoms with Gasteiger partial charge < -0.3 is 9.64 Å². The molecular weight excluding hydrogens is 262 g/mol. The van der Waals surface area contributed by atoms with E-state index < -0.39 is 5.60 Å². The molecule has 0 saturated carbocycles. The number of ether oxygens (including phenoxy) is 1. The molecule has 3 rings (SSSR count). The van der Waals surface area contributed by atoms with Gasteiger partial charge in [-0.05, 0) is 44.0 Å². The summed E-state index contributed by atoms with van der Waals surface area (Å²) >= 11 is 0. The van der Waals surface area contributed by atoms with Crippen LogP contribution >= 0.6 is 0 Å². The second kappa shape index (κ2) is 4.92. The number of nitrogens with zero attached hydrogens (tertiary/aromatic N) is 1. The monoisotopic (exact) mass is 281 g/mol. The van der Waals surface area contributed by atoms with E-state index in [-0.39, 0.29) is 5.91 Å². The van der Waals surface area contributed by atoms with Crippen LogP contribution < -0.4 is 9.64 Å². The minimum Gasteiger partial charge on any atom is -0.476 e. The van der Waals surface area contributed by atoms with Gasteiger partial charge in [0.05, 0.1) is 12.2 Å². The Labute approximate surface area is 125 Å². The van der Waals surface area contributed by atoms with Crippen LogP contribution in [-0.2, 0) is 11.3 Å². The fraction of sp³-hybridized carbons (Fsp3) is 0.278. The molecule has 21 heavy (non-hydrogen) atoms. The van der Waals surface area contributed by atoms with Gasteiger partial charge in [0.1, 0.15) is 5.75 Å². The van der Waals surface area contributed by atoms with Crippen molar-refractivity contribution in [3.8, 4) is 5.75 Å². The van der Waals surface area contributed by atoms with Crippen LogP contribution in [-0.4, -0.2) is 11.5 Å². The third-order valence-corrected chi connectivity index (χ3v) is 3.71. The Kier molecular flexibility index (Phi) is 3.20. The minimum atomic E-state index is -0.836. The maximum Gasteiger partial charge on any atom is 0.271 e. The number of hydrogen-bond acceptors (Lipinski definition) is 2. The Morgan fingerprint density at radius 1 is 1.10 bits per heavy atom. The van der Waals surface area contributed by atoms with Crippen molar-refractivity contribution in [2.24, 2.45) is 0 Å². The van der Waals surface area contributed by atoms with Gasteiger partial charge in [-0.2, -0.15) is 0 Å². The predicted octanol–water partition coefficient (Wildman–Crippen LogP) is 3.70. The van der Waals surface area contributed by atoms with Crippen molar-refractivity contribution in [1.29, 1.82) is 0 Å². The first-order valence-electron chi connectivity index (χ1n) is 7.13. The molecule has 1 amide bonds. The van der Waals surface area contributed by atoms with Crippen LogP contribution in [0, 0.1) is 6.92 Å². The van der Waals surface area contributed by atoms with Crippen molar-refractivity contribution >= 4 is 11.6 Å². The molecule has 108 valence electrons. The van der Waals surface area contributed by atoms with Crippen molar-refractivity contribution in [3.05, 3.63) is 59.7 Å². The van der Waals surface area contributed by atoms with Crippen LogP contribution in [0.2, 0.25) is 0 Å². The second-order valence-corrected chi connectivity index (χ2v) is 5.96. The lowest BCUT2D eigenvalue weighted by atomic mass is 10.0. The first kappa shape index (κ1) is 13.7. The van der Waals surface area contributed by atoms with Crippen molar-refractivity contribution in [2.45, 2.75) is 32.9 Å². The quantitative estimate of drug-likeness (QED) is 0.840. The molecule has 0 bridgehead atoms. The van der Waals surface area contributed by atoms with Crippen LogP contribution in [0.15, 0.2) is 48.5 Å². The van der Waals surface area contributed by atoms with E-state index in [1.165, 1.54) is 0 Å². The molecule has 2 aromatic carbocycles. The molecule has 0 fully saturated rings. The Bertz CT molecular complexity index is 677. The van der Waals surface area contributed by atoms with Gasteiger partial charge in [0, 0.05) is 0 Å². The van der Waals surface area contributed by atoms with Gasteiger partial charge in [0.25, 0.3) is 5.91 Å². The van der Waals surface area contributed by atoms with Crippen molar-refractivity contribution in [1.82, 2.24) is 0 Å². The zero-order valence-electron chi connectivity index (χ0n) is 12.6. The average molecular weight is 281 g/mol. The van der Waals surface area contributed by atoms with Gasteiger partial charge in [-0.1, -0.05) is 36.4 Å². The van der Waals surface area contributed by atoms with Crippen LogP contribution in [0.1, 0.15) is 25.0 Å². The summed E-state index contributed by atoms with van der Waals surface area (Å²) in [5, 5.41) is 0. The number of amides is 1. The fourth-order valence-corrected chi connectivity index (χ4v) is 2.60. The number of aryl methyl sites for hydroxylation is 1. The standard InChI is InChI=1S/C18H19NO2/c1-13-9-10-16-15(11-13)19(17(20)18(2,3)21-16)12-14-7-5-4-6-8-14/h4-11H,12H2,1-3H3. The highest BCUT2D eigenvalue weighted by molar-refractivity contribution is 6.02. The smallest absolute Gasteiger partial charge is 0.271 e. The average Bonchev–Trinajstić information content (AvgIpc) is 2.46. The fourth-order valence-electron chi connectivity index (χ4n) is 2.60. The van der Waals surface area contributed by atoms with Crippen LogP contribution in [0.5, 0.6) is 5.75 Å². The molecule has 0 radical (unpaired) electrons. The topological polar surface area (TPSA) is 29.5 Å². The first-order valence-corrected chi connectivity index (χ1v) is 7.13. The molecular formula is C18H19NO2. The number of rotatable bonds is 2. The highest BCUT2D eigenvalue weighted by Gasteiger charge is 2.40. The molecule has 2 aromatic rings. The lowest BCUT2D eigenvalue weighted by Gasteiger charge is -2.39. The van der Waals surface area contributed by atoms with Crippen LogP contribution in [0.25, 0.3) is 0 Å². The van der Waals surface area contributed by atoms with Gasteiger partial charge in [-0.15, -0.1) is 0 Å². The minimum absolute atomic E-state index is 0.00977. The summed E-state index contributed by atoms with van der Waals surface area (Å²) in [4.78, 5) is 14.5. The molecule has 0 aliphatic carbocycles. The highest BCUT2D eigenvalue weighted by atomic mass is 16.5. The summed E-state index contributed by atoms with van der Waals surface area (Å²) in [6.45, 7) is 6.21. The SMILES string of the molecule is Cc1ccc2c(c1)N(Cc1ccccc1)C(=O)C(C)(C)O2. The van der Waals surface area contributed by atoms with Crippen LogP contribution in [0.3, 0.4) is 0 Å². The maximum atomic E-state index is 12.7. The van der Waals surface area contributed by atoms with Gasteiger partial charge in [-0.3, -0.25) is 4.79 Å².